The normalized spacial score (nSPS) is 15.0. The van der Waals surface area contributed by atoms with Crippen molar-refractivity contribution < 1.29 is 4.42 Å². The summed E-state index contributed by atoms with van der Waals surface area (Å²) < 4.78 is 7.36. The Balaban J connectivity index is 1.84. The molecule has 7 nitrogen and oxygen atoms in total. The summed E-state index contributed by atoms with van der Waals surface area (Å²) in [5.74, 6) is 0.423. The van der Waals surface area contributed by atoms with Crippen LogP contribution in [0.4, 0.5) is 5.69 Å². The van der Waals surface area contributed by atoms with Crippen LogP contribution in [0.3, 0.4) is 0 Å². The maximum Gasteiger partial charge on any atom is 0.267 e. The summed E-state index contributed by atoms with van der Waals surface area (Å²) in [6, 6.07) is 6.34. The fraction of sp³-hybridized carbons (Fsp3) is 0.294. The van der Waals surface area contributed by atoms with Crippen molar-refractivity contribution in [2.75, 3.05) is 18.0 Å². The van der Waals surface area contributed by atoms with Crippen molar-refractivity contribution in [3.8, 4) is 11.6 Å². The van der Waals surface area contributed by atoms with Crippen LogP contribution in [0.2, 0.25) is 0 Å². The molecule has 0 spiro atoms. The molecule has 5 heterocycles. The number of aryl methyl sites for hydroxylation is 1. The molecule has 0 unspecified atom stereocenters. The predicted octanol–water partition coefficient (Wildman–Crippen LogP) is 2.84. The van der Waals surface area contributed by atoms with Gasteiger partial charge in [-0.05, 0) is 38.0 Å². The number of nitrogens with zero attached hydrogens (tertiary/aromatic N) is 6. The fourth-order valence-corrected chi connectivity index (χ4v) is 3.37. The van der Waals surface area contributed by atoms with E-state index in [1.54, 1.807) is 0 Å². The summed E-state index contributed by atoms with van der Waals surface area (Å²) in [7, 11) is 0. The molecule has 0 N–H and O–H groups in total. The van der Waals surface area contributed by atoms with E-state index in [9.17, 15) is 0 Å². The van der Waals surface area contributed by atoms with Crippen molar-refractivity contribution in [2.24, 2.45) is 0 Å². The van der Waals surface area contributed by atoms with Gasteiger partial charge < -0.3 is 9.32 Å². The van der Waals surface area contributed by atoms with Gasteiger partial charge in [0, 0.05) is 30.4 Å². The van der Waals surface area contributed by atoms with Gasteiger partial charge in [0.1, 0.15) is 11.3 Å². The number of imidazole rings is 1. The third kappa shape index (κ3) is 1.97. The van der Waals surface area contributed by atoms with Crippen LogP contribution in [0.25, 0.3) is 28.3 Å². The molecule has 0 radical (unpaired) electrons. The highest BCUT2D eigenvalue weighted by molar-refractivity contribution is 5.88. The molecular formula is C17H16N6O. The Labute approximate surface area is 138 Å². The number of aromatic nitrogens is 5. The lowest BCUT2D eigenvalue weighted by molar-refractivity contribution is 0.567. The van der Waals surface area contributed by atoms with E-state index in [2.05, 4.69) is 27.2 Å². The summed E-state index contributed by atoms with van der Waals surface area (Å²) in [5, 5.41) is 8.83. The first-order valence-electron chi connectivity index (χ1n) is 8.10. The van der Waals surface area contributed by atoms with Crippen molar-refractivity contribution >= 4 is 22.4 Å². The first kappa shape index (κ1) is 13.5. The van der Waals surface area contributed by atoms with E-state index in [0.717, 1.165) is 41.2 Å². The fourth-order valence-electron chi connectivity index (χ4n) is 3.37. The second-order valence-electron chi connectivity index (χ2n) is 6.15. The van der Waals surface area contributed by atoms with Crippen LogP contribution in [0.1, 0.15) is 18.5 Å². The van der Waals surface area contributed by atoms with Gasteiger partial charge in [0.15, 0.2) is 5.65 Å². The van der Waals surface area contributed by atoms with Crippen LogP contribution in [0.15, 0.2) is 35.2 Å². The van der Waals surface area contributed by atoms with E-state index >= 15 is 0 Å². The van der Waals surface area contributed by atoms with Gasteiger partial charge in [0.05, 0.1) is 5.69 Å². The number of hydrogen-bond donors (Lipinski definition) is 0. The lowest BCUT2D eigenvalue weighted by atomic mass is 10.2. The average Bonchev–Trinajstić information content (AvgIpc) is 3.33. The van der Waals surface area contributed by atoms with Crippen molar-refractivity contribution in [2.45, 2.75) is 19.8 Å². The molecule has 4 aromatic rings. The van der Waals surface area contributed by atoms with E-state index in [1.165, 1.54) is 19.2 Å². The van der Waals surface area contributed by atoms with Crippen LogP contribution in [-0.4, -0.2) is 37.7 Å². The van der Waals surface area contributed by atoms with E-state index < -0.39 is 0 Å². The Hall–Kier alpha value is -2.96. The van der Waals surface area contributed by atoms with Crippen molar-refractivity contribution in [1.82, 2.24) is 24.6 Å². The number of rotatable bonds is 2. The zero-order valence-corrected chi connectivity index (χ0v) is 13.3. The van der Waals surface area contributed by atoms with Crippen LogP contribution in [0, 0.1) is 6.92 Å². The van der Waals surface area contributed by atoms with E-state index in [1.807, 2.05) is 23.6 Å². The van der Waals surface area contributed by atoms with Gasteiger partial charge in [-0.3, -0.25) is 4.40 Å². The van der Waals surface area contributed by atoms with Crippen LogP contribution >= 0.6 is 0 Å². The molecule has 0 aliphatic carbocycles. The monoisotopic (exact) mass is 320 g/mol. The maximum atomic E-state index is 5.32. The number of hydrogen-bond acceptors (Lipinski definition) is 6. The first-order chi connectivity index (χ1) is 11.8. The molecule has 4 aromatic heterocycles. The standard InChI is InChI=1S/C17H16N6O/c1-11-4-5-12-8-14(22-6-2-3-7-22)16-20-13(17-21-18-10-24-17)9-23(16)15(12)19-11/h4-5,8-10H,2-3,6-7H2,1H3. The number of anilines is 1. The largest absolute Gasteiger partial charge is 0.422 e. The Kier molecular flexibility index (Phi) is 2.82. The molecule has 1 fully saturated rings. The molecule has 120 valence electrons. The molecule has 0 saturated carbocycles. The molecule has 5 rings (SSSR count). The third-order valence-corrected chi connectivity index (χ3v) is 4.53. The van der Waals surface area contributed by atoms with Crippen molar-refractivity contribution in [1.29, 1.82) is 0 Å². The summed E-state index contributed by atoms with van der Waals surface area (Å²) in [6.45, 7) is 4.11. The molecule has 1 aliphatic heterocycles. The second-order valence-corrected chi connectivity index (χ2v) is 6.15. The average molecular weight is 320 g/mol. The maximum absolute atomic E-state index is 5.32. The third-order valence-electron chi connectivity index (χ3n) is 4.53. The van der Waals surface area contributed by atoms with Gasteiger partial charge in [-0.25, -0.2) is 9.97 Å². The Bertz CT molecular complexity index is 1030. The number of fused-ring (bicyclic) bond motifs is 3. The molecule has 1 aliphatic rings. The highest BCUT2D eigenvalue weighted by Gasteiger charge is 2.20. The highest BCUT2D eigenvalue weighted by atomic mass is 16.4. The molecular weight excluding hydrogens is 304 g/mol. The Morgan fingerprint density at radius 1 is 1.08 bits per heavy atom. The second kappa shape index (κ2) is 5.02. The van der Waals surface area contributed by atoms with Crippen LogP contribution in [-0.2, 0) is 0 Å². The quantitative estimate of drug-likeness (QED) is 0.565. The Morgan fingerprint density at radius 2 is 1.96 bits per heavy atom. The smallest absolute Gasteiger partial charge is 0.267 e. The van der Waals surface area contributed by atoms with E-state index in [4.69, 9.17) is 14.4 Å². The van der Waals surface area contributed by atoms with Gasteiger partial charge in [-0.1, -0.05) is 0 Å². The van der Waals surface area contributed by atoms with Gasteiger partial charge in [-0.2, -0.15) is 0 Å². The predicted molar refractivity (Wildman–Crippen MR) is 90.0 cm³/mol. The van der Waals surface area contributed by atoms with E-state index in [-0.39, 0.29) is 0 Å². The van der Waals surface area contributed by atoms with Gasteiger partial charge >= 0.3 is 0 Å². The minimum atomic E-state index is 0.423. The number of pyridine rings is 2. The van der Waals surface area contributed by atoms with Crippen molar-refractivity contribution in [3.05, 3.63) is 36.5 Å². The summed E-state index contributed by atoms with van der Waals surface area (Å²) in [5.41, 5.74) is 4.56. The highest BCUT2D eigenvalue weighted by Crippen LogP contribution is 2.31. The first-order valence-corrected chi connectivity index (χ1v) is 8.10. The van der Waals surface area contributed by atoms with Crippen molar-refractivity contribution in [3.63, 3.8) is 0 Å². The summed E-state index contributed by atoms with van der Waals surface area (Å²) in [6.07, 6.45) is 5.68. The van der Waals surface area contributed by atoms with Crippen LogP contribution in [0.5, 0.6) is 0 Å². The lowest BCUT2D eigenvalue weighted by Crippen LogP contribution is -2.18. The van der Waals surface area contributed by atoms with Gasteiger partial charge in [0.25, 0.3) is 5.89 Å². The summed E-state index contributed by atoms with van der Waals surface area (Å²) >= 11 is 0. The van der Waals surface area contributed by atoms with Gasteiger partial charge in [0.2, 0.25) is 6.39 Å². The van der Waals surface area contributed by atoms with Crippen LogP contribution < -0.4 is 4.90 Å². The molecule has 0 atom stereocenters. The van der Waals surface area contributed by atoms with E-state index in [0.29, 0.717) is 11.6 Å². The molecule has 0 aromatic carbocycles. The zero-order valence-electron chi connectivity index (χ0n) is 13.3. The van der Waals surface area contributed by atoms with Gasteiger partial charge in [-0.15, -0.1) is 10.2 Å². The Morgan fingerprint density at radius 3 is 2.75 bits per heavy atom. The SMILES string of the molecule is Cc1ccc2cc(N3CCCC3)c3nc(-c4nnco4)cn3c2n1. The zero-order chi connectivity index (χ0) is 16.1. The molecule has 0 bridgehead atoms. The molecule has 0 amide bonds. The minimum absolute atomic E-state index is 0.423. The lowest BCUT2D eigenvalue weighted by Gasteiger charge is -2.19. The summed E-state index contributed by atoms with van der Waals surface area (Å²) in [4.78, 5) is 11.9. The topological polar surface area (TPSA) is 72.4 Å². The minimum Gasteiger partial charge on any atom is -0.422 e. The molecule has 7 heteroatoms. The molecule has 1 saturated heterocycles. The molecule has 24 heavy (non-hydrogen) atoms.